The quantitative estimate of drug-likeness (QED) is 0.374. The zero-order chi connectivity index (χ0) is 27.7. The van der Waals surface area contributed by atoms with Gasteiger partial charge in [-0.1, -0.05) is 43.3 Å². The van der Waals surface area contributed by atoms with E-state index in [-0.39, 0.29) is 22.7 Å². The molecular weight excluding hydrogens is 509 g/mol. The number of para-hydroxylation sites is 1. The Morgan fingerprint density at radius 3 is 2.21 bits per heavy atom. The van der Waals surface area contributed by atoms with Crippen LogP contribution in [0.25, 0.3) is 0 Å². The number of ether oxygens (including phenoxy) is 1. The van der Waals surface area contributed by atoms with Crippen LogP contribution in [0.2, 0.25) is 0 Å². The minimum absolute atomic E-state index is 0.0376. The van der Waals surface area contributed by atoms with Crippen molar-refractivity contribution >= 4 is 27.5 Å². The van der Waals surface area contributed by atoms with Gasteiger partial charge in [0.05, 0.1) is 17.7 Å². The third-order valence-electron chi connectivity index (χ3n) is 5.99. The van der Waals surface area contributed by atoms with Crippen molar-refractivity contribution in [3.05, 3.63) is 90.2 Å². The average Bonchev–Trinajstić information content (AvgIpc) is 2.94. The molecule has 8 nitrogen and oxygen atoms in total. The molecule has 202 valence electrons. The van der Waals surface area contributed by atoms with Crippen LogP contribution in [-0.4, -0.2) is 51.4 Å². The van der Waals surface area contributed by atoms with Crippen molar-refractivity contribution in [3.63, 3.8) is 0 Å². The van der Waals surface area contributed by atoms with E-state index < -0.39 is 40.2 Å². The van der Waals surface area contributed by atoms with Crippen molar-refractivity contribution in [1.29, 1.82) is 0 Å². The Morgan fingerprint density at radius 2 is 1.61 bits per heavy atom. The molecule has 1 atom stereocenters. The van der Waals surface area contributed by atoms with E-state index in [1.165, 1.54) is 61.4 Å². The van der Waals surface area contributed by atoms with Crippen molar-refractivity contribution in [2.75, 3.05) is 24.5 Å². The SMILES string of the molecule is CCCNC(=O)C(C)N(Cc1ccccc1F)C(=O)CN(c1ccccc1)S(=O)(=O)c1ccc(OC)cc1. The van der Waals surface area contributed by atoms with Crippen molar-refractivity contribution in [2.24, 2.45) is 0 Å². The summed E-state index contributed by atoms with van der Waals surface area (Å²) in [5.74, 6) is -1.12. The number of rotatable bonds is 12. The number of nitrogens with zero attached hydrogens (tertiary/aromatic N) is 2. The van der Waals surface area contributed by atoms with Gasteiger partial charge in [-0.05, 0) is 55.8 Å². The van der Waals surface area contributed by atoms with Crippen LogP contribution in [0.15, 0.2) is 83.8 Å². The number of hydrogen-bond donors (Lipinski definition) is 1. The fourth-order valence-corrected chi connectivity index (χ4v) is 5.20. The number of amides is 2. The second-order valence-electron chi connectivity index (χ2n) is 8.60. The van der Waals surface area contributed by atoms with Crippen molar-refractivity contribution in [2.45, 2.75) is 37.8 Å². The Labute approximate surface area is 223 Å². The molecule has 2 amide bonds. The highest BCUT2D eigenvalue weighted by Crippen LogP contribution is 2.26. The molecule has 1 N–H and O–H groups in total. The van der Waals surface area contributed by atoms with Crippen LogP contribution in [-0.2, 0) is 26.2 Å². The van der Waals surface area contributed by atoms with E-state index >= 15 is 0 Å². The summed E-state index contributed by atoms with van der Waals surface area (Å²) < 4.78 is 48.1. The lowest BCUT2D eigenvalue weighted by atomic mass is 10.1. The number of hydrogen-bond acceptors (Lipinski definition) is 5. The highest BCUT2D eigenvalue weighted by molar-refractivity contribution is 7.92. The number of methoxy groups -OCH3 is 1. The number of halogens is 1. The molecule has 3 aromatic carbocycles. The van der Waals surface area contributed by atoms with Crippen LogP contribution in [0.3, 0.4) is 0 Å². The topological polar surface area (TPSA) is 96.0 Å². The lowest BCUT2D eigenvalue weighted by Gasteiger charge is -2.32. The summed E-state index contributed by atoms with van der Waals surface area (Å²) in [6.07, 6.45) is 0.696. The Morgan fingerprint density at radius 1 is 0.974 bits per heavy atom. The number of carbonyl (C=O) groups excluding carboxylic acids is 2. The summed E-state index contributed by atoms with van der Waals surface area (Å²) in [5.41, 5.74) is 0.478. The summed E-state index contributed by atoms with van der Waals surface area (Å²) in [6, 6.07) is 19.0. The third-order valence-corrected chi connectivity index (χ3v) is 7.77. The van der Waals surface area contributed by atoms with E-state index in [1.54, 1.807) is 36.4 Å². The van der Waals surface area contributed by atoms with Gasteiger partial charge in [0, 0.05) is 18.7 Å². The Bertz CT molecular complexity index is 1330. The smallest absolute Gasteiger partial charge is 0.264 e. The third kappa shape index (κ3) is 6.89. The molecular formula is C28H32FN3O5S. The maximum absolute atomic E-state index is 14.5. The monoisotopic (exact) mass is 541 g/mol. The molecule has 0 fully saturated rings. The number of benzene rings is 3. The summed E-state index contributed by atoms with van der Waals surface area (Å²) in [6.45, 7) is 3.03. The molecule has 10 heteroatoms. The van der Waals surface area contributed by atoms with Gasteiger partial charge in [-0.25, -0.2) is 12.8 Å². The molecule has 0 aliphatic heterocycles. The number of carbonyl (C=O) groups is 2. The Hall–Kier alpha value is -3.92. The van der Waals surface area contributed by atoms with Gasteiger partial charge in [0.15, 0.2) is 0 Å². The lowest BCUT2D eigenvalue weighted by molar-refractivity contribution is -0.139. The second-order valence-corrected chi connectivity index (χ2v) is 10.5. The highest BCUT2D eigenvalue weighted by Gasteiger charge is 2.32. The molecule has 0 radical (unpaired) electrons. The molecule has 0 aliphatic rings. The van der Waals surface area contributed by atoms with Gasteiger partial charge in [-0.2, -0.15) is 0 Å². The van der Waals surface area contributed by atoms with E-state index in [1.807, 2.05) is 6.92 Å². The van der Waals surface area contributed by atoms with Crippen LogP contribution in [0.5, 0.6) is 5.75 Å². The fourth-order valence-electron chi connectivity index (χ4n) is 3.79. The Balaban J connectivity index is 2.00. The van der Waals surface area contributed by atoms with E-state index in [2.05, 4.69) is 5.32 Å². The number of sulfonamides is 1. The van der Waals surface area contributed by atoms with Crippen LogP contribution < -0.4 is 14.4 Å². The molecule has 0 bridgehead atoms. The summed E-state index contributed by atoms with van der Waals surface area (Å²) >= 11 is 0. The maximum Gasteiger partial charge on any atom is 0.264 e. The molecule has 0 saturated carbocycles. The molecule has 0 spiro atoms. The predicted molar refractivity (Wildman–Crippen MR) is 144 cm³/mol. The normalized spacial score (nSPS) is 11.9. The zero-order valence-electron chi connectivity index (χ0n) is 21.6. The molecule has 0 saturated heterocycles. The van der Waals surface area contributed by atoms with Gasteiger partial charge >= 0.3 is 0 Å². The van der Waals surface area contributed by atoms with Crippen molar-refractivity contribution in [1.82, 2.24) is 10.2 Å². The molecule has 0 heterocycles. The van der Waals surface area contributed by atoms with Crippen LogP contribution in [0.4, 0.5) is 10.1 Å². The predicted octanol–water partition coefficient (Wildman–Crippen LogP) is 3.97. The van der Waals surface area contributed by atoms with Gasteiger partial charge in [-0.3, -0.25) is 13.9 Å². The first-order valence-corrected chi connectivity index (χ1v) is 13.7. The van der Waals surface area contributed by atoms with Gasteiger partial charge < -0.3 is 15.0 Å². The van der Waals surface area contributed by atoms with E-state index in [0.29, 0.717) is 18.7 Å². The second kappa shape index (κ2) is 13.0. The summed E-state index contributed by atoms with van der Waals surface area (Å²) in [5, 5.41) is 2.75. The zero-order valence-corrected chi connectivity index (χ0v) is 22.4. The molecule has 38 heavy (non-hydrogen) atoms. The van der Waals surface area contributed by atoms with E-state index in [4.69, 9.17) is 4.74 Å². The van der Waals surface area contributed by atoms with Crippen molar-refractivity contribution < 1.29 is 27.1 Å². The van der Waals surface area contributed by atoms with E-state index in [9.17, 15) is 22.4 Å². The lowest BCUT2D eigenvalue weighted by Crippen LogP contribution is -2.51. The maximum atomic E-state index is 14.5. The van der Waals surface area contributed by atoms with Crippen LogP contribution >= 0.6 is 0 Å². The summed E-state index contributed by atoms with van der Waals surface area (Å²) in [7, 11) is -2.72. The van der Waals surface area contributed by atoms with Crippen LogP contribution in [0.1, 0.15) is 25.8 Å². The van der Waals surface area contributed by atoms with Gasteiger partial charge in [0.1, 0.15) is 24.2 Å². The number of anilines is 1. The molecule has 3 aromatic rings. The molecule has 0 aromatic heterocycles. The van der Waals surface area contributed by atoms with Gasteiger partial charge in [0.25, 0.3) is 10.0 Å². The van der Waals surface area contributed by atoms with E-state index in [0.717, 1.165) is 4.31 Å². The molecule has 3 rings (SSSR count). The molecule has 1 unspecified atom stereocenters. The average molecular weight is 542 g/mol. The Kier molecular flexibility index (Phi) is 9.84. The first-order chi connectivity index (χ1) is 18.2. The van der Waals surface area contributed by atoms with Gasteiger partial charge in [-0.15, -0.1) is 0 Å². The standard InChI is InChI=1S/C28H32FN3O5S/c1-4-18-30-28(34)21(2)31(19-22-10-8-9-13-26(22)29)27(33)20-32(23-11-6-5-7-12-23)38(35,36)25-16-14-24(37-3)15-17-25/h5-17,21H,4,18-20H2,1-3H3,(H,30,34). The highest BCUT2D eigenvalue weighted by atomic mass is 32.2. The largest absolute Gasteiger partial charge is 0.497 e. The fraction of sp³-hybridized carbons (Fsp3) is 0.286. The molecule has 0 aliphatic carbocycles. The first kappa shape index (κ1) is 28.6. The van der Waals surface area contributed by atoms with Crippen molar-refractivity contribution in [3.8, 4) is 5.75 Å². The van der Waals surface area contributed by atoms with Crippen LogP contribution in [0, 0.1) is 5.82 Å². The minimum Gasteiger partial charge on any atom is -0.497 e. The summed E-state index contributed by atoms with van der Waals surface area (Å²) in [4.78, 5) is 27.7. The first-order valence-electron chi connectivity index (χ1n) is 12.2. The van der Waals surface area contributed by atoms with Gasteiger partial charge in [0.2, 0.25) is 11.8 Å². The minimum atomic E-state index is -4.19. The number of nitrogens with one attached hydrogen (secondary N) is 1.